The number of thiophene rings is 1. The van der Waals surface area contributed by atoms with Crippen LogP contribution in [0.3, 0.4) is 0 Å². The Morgan fingerprint density at radius 2 is 1.63 bits per heavy atom. The van der Waals surface area contributed by atoms with E-state index in [1.165, 1.54) is 0 Å². The van der Waals surface area contributed by atoms with E-state index in [0.717, 1.165) is 64.5 Å². The third kappa shape index (κ3) is 3.19. The number of para-hydroxylation sites is 1. The number of pyridine rings is 1. The fraction of sp³-hybridized carbons (Fsp3) is 0.0938. The minimum Gasteiger partial charge on any atom is -0.456 e. The Morgan fingerprint density at radius 1 is 0.829 bits per heavy atom. The summed E-state index contributed by atoms with van der Waals surface area (Å²) in [6.45, 7) is -0.339. The molecule has 0 aliphatic heterocycles. The van der Waals surface area contributed by atoms with E-state index in [2.05, 4.69) is 4.98 Å². The SMILES string of the molecule is [2H]C([2H])([2H])c1ccc(-c2cc(C([2H])(C)c3ccc4oc5ccccc5c4c3)ccn2)c2sc3ccccc3c12. The monoisotopic (exact) mass is 473 g/mol. The van der Waals surface area contributed by atoms with Gasteiger partial charge in [0, 0.05) is 54.1 Å². The smallest absolute Gasteiger partial charge is 0.135 e. The van der Waals surface area contributed by atoms with Gasteiger partial charge >= 0.3 is 0 Å². The van der Waals surface area contributed by atoms with E-state index in [-0.39, 0.29) is 0 Å². The first-order valence-electron chi connectivity index (χ1n) is 13.6. The van der Waals surface area contributed by atoms with Crippen LogP contribution in [-0.2, 0) is 0 Å². The molecule has 0 saturated carbocycles. The highest BCUT2D eigenvalue weighted by Gasteiger charge is 2.16. The molecule has 0 saturated heterocycles. The Balaban J connectivity index is 1.39. The first kappa shape index (κ1) is 16.6. The van der Waals surface area contributed by atoms with Gasteiger partial charge in [-0.3, -0.25) is 4.98 Å². The molecule has 0 aliphatic carbocycles. The summed E-state index contributed by atoms with van der Waals surface area (Å²) in [4.78, 5) is 4.68. The molecule has 3 heteroatoms. The summed E-state index contributed by atoms with van der Waals surface area (Å²) in [5.41, 5.74) is 5.21. The van der Waals surface area contributed by atoms with Crippen LogP contribution < -0.4 is 0 Å². The first-order chi connectivity index (χ1) is 18.7. The van der Waals surface area contributed by atoms with Crippen molar-refractivity contribution < 1.29 is 9.90 Å². The molecule has 2 nitrogen and oxygen atoms in total. The number of nitrogens with zero attached hydrogens (tertiary/aromatic N) is 1. The van der Waals surface area contributed by atoms with E-state index in [1.54, 1.807) is 23.6 Å². The molecule has 0 fully saturated rings. The number of hydrogen-bond donors (Lipinski definition) is 0. The van der Waals surface area contributed by atoms with Gasteiger partial charge in [0.25, 0.3) is 0 Å². The van der Waals surface area contributed by atoms with Crippen LogP contribution in [0.1, 0.15) is 35.0 Å². The molecule has 35 heavy (non-hydrogen) atoms. The van der Waals surface area contributed by atoms with Crippen molar-refractivity contribution in [1.29, 1.82) is 0 Å². The molecule has 0 N–H and O–H groups in total. The van der Waals surface area contributed by atoms with E-state index in [1.807, 2.05) is 91.9 Å². The van der Waals surface area contributed by atoms with Crippen molar-refractivity contribution in [3.63, 3.8) is 0 Å². The van der Waals surface area contributed by atoms with Crippen LogP contribution in [0.15, 0.2) is 102 Å². The molecular weight excluding hydrogens is 446 g/mol. The molecule has 7 rings (SSSR count). The highest BCUT2D eigenvalue weighted by atomic mass is 32.1. The van der Waals surface area contributed by atoms with E-state index in [9.17, 15) is 1.37 Å². The lowest BCUT2D eigenvalue weighted by Crippen LogP contribution is -1.97. The zero-order valence-electron chi connectivity index (χ0n) is 23.0. The summed E-state index contributed by atoms with van der Waals surface area (Å²) in [6, 6.07) is 29.2. The Hall–Kier alpha value is -3.95. The van der Waals surface area contributed by atoms with E-state index < -0.39 is 12.7 Å². The van der Waals surface area contributed by atoms with Gasteiger partial charge in [-0.25, -0.2) is 0 Å². The first-order valence-corrected chi connectivity index (χ1v) is 12.4. The maximum Gasteiger partial charge on any atom is 0.135 e. The maximum absolute atomic E-state index is 9.44. The number of aromatic nitrogens is 1. The molecule has 1 atom stereocenters. The second kappa shape index (κ2) is 7.79. The van der Waals surface area contributed by atoms with Crippen molar-refractivity contribution in [2.45, 2.75) is 19.7 Å². The number of rotatable bonds is 3. The molecule has 4 aromatic carbocycles. The topological polar surface area (TPSA) is 26.0 Å². The van der Waals surface area contributed by atoms with Gasteiger partial charge in [-0.05, 0) is 59.9 Å². The lowest BCUT2D eigenvalue weighted by Gasteiger charge is -2.14. The minimum absolute atomic E-state index is 0.348. The lowest BCUT2D eigenvalue weighted by atomic mass is 9.91. The lowest BCUT2D eigenvalue weighted by molar-refractivity contribution is 0.668. The maximum atomic E-state index is 9.44. The summed E-state index contributed by atoms with van der Waals surface area (Å²) in [5.74, 6) is -1.05. The van der Waals surface area contributed by atoms with Crippen molar-refractivity contribution >= 4 is 53.4 Å². The van der Waals surface area contributed by atoms with Crippen molar-refractivity contribution in [2.24, 2.45) is 0 Å². The summed E-state index contributed by atoms with van der Waals surface area (Å²) in [6.07, 6.45) is 1.74. The second-order valence-electron chi connectivity index (χ2n) is 8.83. The summed E-state index contributed by atoms with van der Waals surface area (Å²) < 4.78 is 41.8. The Labute approximate surface area is 213 Å². The third-order valence-corrected chi connectivity index (χ3v) is 8.01. The molecule has 0 radical (unpaired) electrons. The van der Waals surface area contributed by atoms with Gasteiger partial charge in [-0.1, -0.05) is 61.5 Å². The molecule has 0 aliphatic rings. The Kier molecular flexibility index (Phi) is 3.70. The van der Waals surface area contributed by atoms with E-state index in [0.29, 0.717) is 5.56 Å². The van der Waals surface area contributed by atoms with Crippen LogP contribution >= 0.6 is 11.3 Å². The van der Waals surface area contributed by atoms with Gasteiger partial charge in [0.15, 0.2) is 0 Å². The van der Waals surface area contributed by atoms with Crippen LogP contribution in [0.25, 0.3) is 53.4 Å². The Morgan fingerprint density at radius 3 is 2.54 bits per heavy atom. The van der Waals surface area contributed by atoms with Gasteiger partial charge in [-0.2, -0.15) is 0 Å². The highest BCUT2D eigenvalue weighted by molar-refractivity contribution is 7.26. The van der Waals surface area contributed by atoms with E-state index >= 15 is 0 Å². The molecule has 0 spiro atoms. The molecule has 0 amide bonds. The van der Waals surface area contributed by atoms with Crippen LogP contribution in [0.5, 0.6) is 0 Å². The standard InChI is InChI=1S/C32H23NOS/c1-19-11-13-24(32-31(19)25-8-4-6-10-30(25)35-32)27-18-22(15-16-33-27)20(2)21-12-14-29-26(17-21)23-7-3-5-9-28(23)34-29/h3-18,20H,1-2H3/i1D3,20D. The summed E-state index contributed by atoms with van der Waals surface area (Å²) >= 11 is 1.58. The number of benzene rings is 4. The van der Waals surface area contributed by atoms with Crippen molar-refractivity contribution in [3.05, 3.63) is 114 Å². The average molecular weight is 474 g/mol. The summed E-state index contributed by atoms with van der Waals surface area (Å²) in [7, 11) is 0. The Bertz CT molecular complexity index is 2050. The second-order valence-corrected chi connectivity index (χ2v) is 9.88. The molecule has 3 aromatic heterocycles. The van der Waals surface area contributed by atoms with Crippen LogP contribution in [-0.4, -0.2) is 4.98 Å². The fourth-order valence-corrected chi connectivity index (χ4v) is 6.22. The summed E-state index contributed by atoms with van der Waals surface area (Å²) in [5, 5.41) is 3.71. The van der Waals surface area contributed by atoms with Gasteiger partial charge < -0.3 is 4.42 Å². The largest absolute Gasteiger partial charge is 0.456 e. The van der Waals surface area contributed by atoms with Crippen molar-refractivity contribution in [3.8, 4) is 11.3 Å². The van der Waals surface area contributed by atoms with Gasteiger partial charge in [0.1, 0.15) is 11.2 Å². The fourth-order valence-electron chi connectivity index (χ4n) is 4.97. The van der Waals surface area contributed by atoms with Gasteiger partial charge in [-0.15, -0.1) is 11.3 Å². The predicted molar refractivity (Wildman–Crippen MR) is 149 cm³/mol. The number of aryl methyl sites for hydroxylation is 1. The number of hydrogen-bond acceptors (Lipinski definition) is 3. The van der Waals surface area contributed by atoms with Crippen molar-refractivity contribution in [1.82, 2.24) is 4.98 Å². The van der Waals surface area contributed by atoms with Crippen molar-refractivity contribution in [2.75, 3.05) is 0 Å². The molecular formula is C32H23NOS. The number of furan rings is 1. The normalized spacial score (nSPS) is 15.7. The molecule has 0 bridgehead atoms. The highest BCUT2D eigenvalue weighted by Crippen LogP contribution is 2.41. The molecule has 1 unspecified atom stereocenters. The minimum atomic E-state index is -2.23. The van der Waals surface area contributed by atoms with Gasteiger partial charge in [0.2, 0.25) is 0 Å². The zero-order chi connectivity index (χ0) is 26.9. The van der Waals surface area contributed by atoms with Crippen LogP contribution in [0, 0.1) is 6.85 Å². The average Bonchev–Trinajstić information content (AvgIpc) is 3.50. The van der Waals surface area contributed by atoms with Crippen LogP contribution in [0.4, 0.5) is 0 Å². The molecule has 3 heterocycles. The number of fused-ring (bicyclic) bond motifs is 6. The van der Waals surface area contributed by atoms with Crippen LogP contribution in [0.2, 0.25) is 0 Å². The third-order valence-electron chi connectivity index (χ3n) is 6.80. The molecule has 7 aromatic rings. The predicted octanol–water partition coefficient (Wildman–Crippen LogP) is 9.48. The molecule has 168 valence electrons. The van der Waals surface area contributed by atoms with Gasteiger partial charge in [0.05, 0.1) is 5.69 Å². The van der Waals surface area contributed by atoms with E-state index in [4.69, 9.17) is 8.53 Å². The quantitative estimate of drug-likeness (QED) is 0.255. The zero-order valence-corrected chi connectivity index (χ0v) is 19.8.